The summed E-state index contributed by atoms with van der Waals surface area (Å²) in [5, 5.41) is 39.4. The number of hydrogen-bond donors (Lipinski definition) is 7. The van der Waals surface area contributed by atoms with E-state index in [1.165, 1.54) is 0 Å². The van der Waals surface area contributed by atoms with E-state index in [2.05, 4.69) is 22.5 Å². The first-order valence-corrected chi connectivity index (χ1v) is 15.7. The van der Waals surface area contributed by atoms with Gasteiger partial charge >= 0.3 is 18.3 Å². The number of aliphatic hydroxyl groups is 3. The zero-order valence-corrected chi connectivity index (χ0v) is 29.2. The first-order valence-electron chi connectivity index (χ1n) is 15.3. The molecular weight excluding hydrogens is 703 g/mol. The number of carbonyl (C=O) groups excluding carboxylic acids is 1. The summed E-state index contributed by atoms with van der Waals surface area (Å²) in [5.41, 5.74) is 3.43. The molecule has 1 amide bonds. The van der Waals surface area contributed by atoms with Crippen molar-refractivity contribution in [1.82, 2.24) is 14.3 Å². The standard InChI is InChI=1S/C24H28N2O6.C8H5F4NO.CH3F.CH5NS/c1-13-10-18(32-24(29,30)31)12-19(22(13)23(27)28)16-6-4-15(5-7-16)17-8-9-21-20(11-17)25-14(2)26(21)3;9-6-3-5(8(10,11)12)1-2-7(6)13-4-14;1-2;1-2-3/h4-9,11,13,18-19,22,29-31H,10,12H2,1-3H3,(H,27,28);1-4H,(H,13,14);1H3;2-3H,1H3/t13-,18+,19-,22?;;;/m0.../s1. The third-order valence-electron chi connectivity index (χ3n) is 8.10. The smallest absolute Gasteiger partial charge is 0.416 e. The first kappa shape index (κ1) is 43.0. The molecule has 280 valence electrons. The number of aliphatic carboxylic acids is 1. The van der Waals surface area contributed by atoms with Crippen LogP contribution in [0.3, 0.4) is 0 Å². The summed E-state index contributed by atoms with van der Waals surface area (Å²) in [4.78, 5) is 26.5. The summed E-state index contributed by atoms with van der Waals surface area (Å²) >= 11 is 3.54. The van der Waals surface area contributed by atoms with E-state index in [1.807, 2.05) is 66.3 Å². The predicted octanol–water partition coefficient (Wildman–Crippen LogP) is 5.79. The Balaban J connectivity index is 0.000000396. The number of hydrogen-bond acceptors (Lipinski definition) is 9. The van der Waals surface area contributed by atoms with E-state index in [4.69, 9.17) is 4.74 Å². The van der Waals surface area contributed by atoms with Crippen LogP contribution in [0.4, 0.5) is 27.6 Å². The van der Waals surface area contributed by atoms with Gasteiger partial charge in [0.15, 0.2) is 0 Å². The van der Waals surface area contributed by atoms with Crippen LogP contribution in [-0.2, 0) is 27.5 Å². The number of ether oxygens (including phenoxy) is 1. The maximum Gasteiger partial charge on any atom is 0.416 e. The molecule has 4 aromatic rings. The number of anilines is 1. The largest absolute Gasteiger partial charge is 0.481 e. The van der Waals surface area contributed by atoms with Gasteiger partial charge in [0.25, 0.3) is 0 Å². The average molecular weight is 745 g/mol. The van der Waals surface area contributed by atoms with Crippen LogP contribution >= 0.6 is 12.8 Å². The maximum atomic E-state index is 12.8. The Morgan fingerprint density at radius 1 is 1.02 bits per heavy atom. The Morgan fingerprint density at radius 2 is 1.61 bits per heavy atom. The number of benzene rings is 3. The normalized spacial score (nSPS) is 18.6. The molecule has 4 atom stereocenters. The molecule has 0 radical (unpaired) electrons. The molecule has 0 aliphatic heterocycles. The second-order valence-corrected chi connectivity index (χ2v) is 11.9. The Bertz CT molecular complexity index is 1730. The van der Waals surface area contributed by atoms with E-state index < -0.39 is 47.6 Å². The average Bonchev–Trinajstić information content (AvgIpc) is 3.34. The molecule has 17 heteroatoms. The highest BCUT2D eigenvalue weighted by Crippen LogP contribution is 2.43. The van der Waals surface area contributed by atoms with Crippen molar-refractivity contribution in [2.75, 3.05) is 19.5 Å². The van der Waals surface area contributed by atoms with E-state index in [9.17, 15) is 52.0 Å². The topological polar surface area (TPSA) is 166 Å². The quantitative estimate of drug-likeness (QED) is 0.0537. The van der Waals surface area contributed by atoms with Gasteiger partial charge in [-0.3, -0.25) is 18.7 Å². The fraction of sp³-hybridized carbons (Fsp3) is 0.382. The molecule has 1 aromatic heterocycles. The van der Waals surface area contributed by atoms with Crippen molar-refractivity contribution < 1.29 is 56.7 Å². The number of nitrogens with zero attached hydrogens (tertiary/aromatic N) is 2. The van der Waals surface area contributed by atoms with Gasteiger partial charge in [-0.1, -0.05) is 50.1 Å². The van der Waals surface area contributed by atoms with Gasteiger partial charge in [0.2, 0.25) is 6.41 Å². The van der Waals surface area contributed by atoms with Crippen molar-refractivity contribution in [3.8, 4) is 11.1 Å². The minimum Gasteiger partial charge on any atom is -0.481 e. The molecule has 0 spiro atoms. The van der Waals surface area contributed by atoms with Crippen LogP contribution in [0.2, 0.25) is 0 Å². The van der Waals surface area contributed by atoms with Crippen molar-refractivity contribution in [2.45, 2.75) is 51.0 Å². The lowest BCUT2D eigenvalue weighted by molar-refractivity contribution is -0.467. The number of imidazole rings is 1. The van der Waals surface area contributed by atoms with E-state index >= 15 is 0 Å². The molecule has 1 unspecified atom stereocenters. The zero-order chi connectivity index (χ0) is 38.7. The maximum absolute atomic E-state index is 12.8. The molecule has 6 N–H and O–H groups in total. The molecule has 0 bridgehead atoms. The number of rotatable bonds is 7. The van der Waals surface area contributed by atoms with Crippen LogP contribution in [0, 0.1) is 24.6 Å². The van der Waals surface area contributed by atoms with Crippen molar-refractivity contribution >= 4 is 41.9 Å². The summed E-state index contributed by atoms with van der Waals surface area (Å²) in [7, 11) is 4.22. The Labute approximate surface area is 296 Å². The van der Waals surface area contributed by atoms with Gasteiger partial charge in [0.1, 0.15) is 11.6 Å². The Kier molecular flexibility index (Phi) is 16.0. The highest BCUT2D eigenvalue weighted by Gasteiger charge is 2.43. The highest BCUT2D eigenvalue weighted by atomic mass is 32.1. The van der Waals surface area contributed by atoms with Gasteiger partial charge in [-0.25, -0.2) is 9.37 Å². The van der Waals surface area contributed by atoms with Crippen molar-refractivity contribution in [2.24, 2.45) is 18.9 Å². The SMILES string of the molecule is CF.CNS.Cc1nc2cc(-c3ccc([C@@H]4C[C@H](OC(O)(O)O)C[C@H](C)C4C(=O)O)cc3)ccc2n1C.O=CNc1ccc(C(F)(F)F)cc1F. The molecule has 1 heterocycles. The van der Waals surface area contributed by atoms with Gasteiger partial charge < -0.3 is 35.0 Å². The molecule has 11 nitrogen and oxygen atoms in total. The molecule has 51 heavy (non-hydrogen) atoms. The molecule has 5 rings (SSSR count). The summed E-state index contributed by atoms with van der Waals surface area (Å²) in [6.07, 6.45) is -7.76. The summed E-state index contributed by atoms with van der Waals surface area (Å²) in [6.45, 7) is 3.76. The lowest BCUT2D eigenvalue weighted by Crippen LogP contribution is -2.43. The van der Waals surface area contributed by atoms with Crippen LogP contribution in [0.5, 0.6) is 0 Å². The third-order valence-corrected chi connectivity index (χ3v) is 8.10. The minimum absolute atomic E-state index is 0.186. The number of aromatic nitrogens is 2. The fourth-order valence-corrected chi connectivity index (χ4v) is 5.86. The highest BCUT2D eigenvalue weighted by molar-refractivity contribution is 7.78. The lowest BCUT2D eigenvalue weighted by Gasteiger charge is -2.39. The summed E-state index contributed by atoms with van der Waals surface area (Å²) in [5.74, 6) is -2.38. The number of alkyl halides is 4. The van der Waals surface area contributed by atoms with Crippen LogP contribution in [0.15, 0.2) is 60.7 Å². The van der Waals surface area contributed by atoms with Gasteiger partial charge in [-0.05, 0) is 85.7 Å². The van der Waals surface area contributed by atoms with Gasteiger partial charge in [-0.2, -0.15) is 13.2 Å². The van der Waals surface area contributed by atoms with E-state index in [-0.39, 0.29) is 24.4 Å². The van der Waals surface area contributed by atoms with Gasteiger partial charge in [0.05, 0.1) is 41.5 Å². The predicted molar refractivity (Wildman–Crippen MR) is 184 cm³/mol. The number of carbonyl (C=O) groups is 2. The van der Waals surface area contributed by atoms with Crippen LogP contribution in [-0.4, -0.2) is 68.8 Å². The number of carboxylic acids is 1. The molecular formula is C34H41F5N4O7S. The molecule has 1 fully saturated rings. The number of nitrogens with one attached hydrogen (secondary N) is 2. The fourth-order valence-electron chi connectivity index (χ4n) is 5.86. The summed E-state index contributed by atoms with van der Waals surface area (Å²) in [6, 6.07) is 15.7. The Hall–Kier alpha value is -4.13. The number of carboxylic acid groups (broad SMARTS) is 1. The second kappa shape index (κ2) is 18.9. The van der Waals surface area contributed by atoms with Crippen LogP contribution in [0.25, 0.3) is 22.2 Å². The Morgan fingerprint density at radius 3 is 2.12 bits per heavy atom. The van der Waals surface area contributed by atoms with E-state index in [0.717, 1.165) is 39.6 Å². The number of thiol groups is 1. The molecule has 3 aromatic carbocycles. The molecule has 1 aliphatic rings. The number of fused-ring (bicyclic) bond motifs is 1. The first-order chi connectivity index (χ1) is 23.9. The van der Waals surface area contributed by atoms with Crippen molar-refractivity contribution in [1.29, 1.82) is 0 Å². The van der Waals surface area contributed by atoms with Crippen LogP contribution in [0.1, 0.15) is 42.6 Å². The number of aryl methyl sites for hydroxylation is 2. The molecule has 1 saturated carbocycles. The van der Waals surface area contributed by atoms with Gasteiger partial charge in [0, 0.05) is 7.05 Å². The molecule has 0 saturated heterocycles. The summed E-state index contributed by atoms with van der Waals surface area (Å²) < 4.78 is 67.9. The third kappa shape index (κ3) is 12.0. The second-order valence-electron chi connectivity index (χ2n) is 11.5. The number of amides is 1. The van der Waals surface area contributed by atoms with Crippen molar-refractivity contribution in [3.63, 3.8) is 0 Å². The lowest BCUT2D eigenvalue weighted by atomic mass is 9.69. The van der Waals surface area contributed by atoms with E-state index in [0.29, 0.717) is 25.7 Å². The monoisotopic (exact) mass is 744 g/mol. The van der Waals surface area contributed by atoms with Gasteiger partial charge in [-0.15, -0.1) is 0 Å². The van der Waals surface area contributed by atoms with Crippen molar-refractivity contribution in [3.05, 3.63) is 83.4 Å². The minimum atomic E-state index is -4.58. The van der Waals surface area contributed by atoms with Crippen LogP contribution < -0.4 is 10.0 Å². The number of halogens is 5. The van der Waals surface area contributed by atoms with E-state index in [1.54, 1.807) is 14.0 Å². The zero-order valence-electron chi connectivity index (χ0n) is 28.3. The molecule has 1 aliphatic carbocycles.